The van der Waals surface area contributed by atoms with Crippen molar-refractivity contribution in [3.63, 3.8) is 0 Å². The van der Waals surface area contributed by atoms with E-state index in [1.165, 1.54) is 4.90 Å². The first-order chi connectivity index (χ1) is 16.1. The molecule has 3 heterocycles. The quantitative estimate of drug-likeness (QED) is 0.417. The Balaban J connectivity index is 2.07. The molecule has 0 bridgehead atoms. The number of aliphatic hydroxyl groups is 2. The van der Waals surface area contributed by atoms with Gasteiger partial charge in [0, 0.05) is 50.4 Å². The summed E-state index contributed by atoms with van der Waals surface area (Å²) in [5.74, 6) is -7.17. The van der Waals surface area contributed by atoms with E-state index in [0.717, 1.165) is 16.8 Å². The standard InChI is InChI=1S/C21H18ClF3N4O5/c22-15-16-10(1-12(23)17(15)28-3-8(6-30)9(4-28)7-31)18(32)11(21(33)34)5-29(16)20-14(25)2-13(24)19(26)27-20/h1-2,5,8-9,30-31H,3-4,6-7H2,(H2,26,27)(H,33,34)/t8-,9+. The van der Waals surface area contributed by atoms with Crippen molar-refractivity contribution >= 4 is 40.0 Å². The number of hydrogen-bond donors (Lipinski definition) is 4. The van der Waals surface area contributed by atoms with Crippen molar-refractivity contribution < 1.29 is 33.3 Å². The van der Waals surface area contributed by atoms with Crippen LogP contribution in [0.1, 0.15) is 10.4 Å². The van der Waals surface area contributed by atoms with Crippen molar-refractivity contribution in [2.24, 2.45) is 11.8 Å². The van der Waals surface area contributed by atoms with E-state index in [4.69, 9.17) is 17.3 Å². The molecule has 1 aliphatic rings. The number of aromatic carboxylic acids is 1. The number of aromatic nitrogens is 2. The van der Waals surface area contributed by atoms with Crippen molar-refractivity contribution in [2.45, 2.75) is 0 Å². The van der Waals surface area contributed by atoms with E-state index in [9.17, 15) is 33.7 Å². The average Bonchev–Trinajstić information content (AvgIpc) is 3.20. The molecule has 1 aliphatic heterocycles. The Labute approximate surface area is 194 Å². The Hall–Kier alpha value is -3.35. The third kappa shape index (κ3) is 3.73. The number of aliphatic hydroxyl groups excluding tert-OH is 2. The fourth-order valence-electron chi connectivity index (χ4n) is 4.19. The highest BCUT2D eigenvalue weighted by Crippen LogP contribution is 2.40. The number of carboxylic acids is 1. The van der Waals surface area contributed by atoms with Gasteiger partial charge in [-0.25, -0.2) is 22.9 Å². The van der Waals surface area contributed by atoms with Gasteiger partial charge >= 0.3 is 5.97 Å². The van der Waals surface area contributed by atoms with Crippen LogP contribution in [0.3, 0.4) is 0 Å². The molecule has 0 unspecified atom stereocenters. The molecule has 1 saturated heterocycles. The Morgan fingerprint density at radius 2 is 1.74 bits per heavy atom. The van der Waals surface area contributed by atoms with Crippen LogP contribution in [0.4, 0.5) is 24.7 Å². The first kappa shape index (κ1) is 23.8. The van der Waals surface area contributed by atoms with E-state index in [1.807, 2.05) is 0 Å². The molecule has 0 spiro atoms. The molecule has 0 aliphatic carbocycles. The molecule has 2 atom stereocenters. The second-order valence-corrected chi connectivity index (χ2v) is 8.29. The number of fused-ring (bicyclic) bond motifs is 1. The van der Waals surface area contributed by atoms with E-state index in [2.05, 4.69) is 4.98 Å². The zero-order valence-electron chi connectivity index (χ0n) is 17.3. The number of pyridine rings is 2. The normalized spacial score (nSPS) is 18.1. The van der Waals surface area contributed by atoms with Gasteiger partial charge in [-0.15, -0.1) is 0 Å². The molecule has 34 heavy (non-hydrogen) atoms. The smallest absolute Gasteiger partial charge is 0.341 e. The summed E-state index contributed by atoms with van der Waals surface area (Å²) in [6.07, 6.45) is 0.750. The lowest BCUT2D eigenvalue weighted by molar-refractivity contribution is 0.0695. The van der Waals surface area contributed by atoms with Gasteiger partial charge in [-0.3, -0.25) is 9.36 Å². The van der Waals surface area contributed by atoms with Gasteiger partial charge in [0.25, 0.3) is 0 Å². The molecule has 5 N–H and O–H groups in total. The molecule has 1 fully saturated rings. The SMILES string of the molecule is Nc1nc(-n2cc(C(=O)O)c(=O)c3cc(F)c(N4C[C@@H](CO)[C@@H](CO)C4)c(Cl)c32)c(F)cc1F. The predicted molar refractivity (Wildman–Crippen MR) is 117 cm³/mol. The molecular weight excluding hydrogens is 481 g/mol. The number of benzene rings is 1. The van der Waals surface area contributed by atoms with Gasteiger partial charge in [-0.05, 0) is 6.07 Å². The molecule has 0 amide bonds. The Morgan fingerprint density at radius 1 is 1.12 bits per heavy atom. The largest absolute Gasteiger partial charge is 0.477 e. The summed E-state index contributed by atoms with van der Waals surface area (Å²) >= 11 is 6.52. The third-order valence-corrected chi connectivity index (χ3v) is 6.27. The van der Waals surface area contributed by atoms with Crippen molar-refractivity contribution in [1.29, 1.82) is 0 Å². The number of rotatable bonds is 5. The second-order valence-electron chi connectivity index (χ2n) is 7.92. The fraction of sp³-hybridized carbons (Fsp3) is 0.286. The number of carboxylic acid groups (broad SMARTS) is 1. The molecule has 0 saturated carbocycles. The van der Waals surface area contributed by atoms with Gasteiger partial charge in [-0.2, -0.15) is 0 Å². The Kier molecular flexibility index (Phi) is 6.14. The van der Waals surface area contributed by atoms with Crippen LogP contribution in [0.15, 0.2) is 23.1 Å². The zero-order chi connectivity index (χ0) is 24.9. The van der Waals surface area contributed by atoms with E-state index >= 15 is 4.39 Å². The molecular formula is C21H18ClF3N4O5. The lowest BCUT2D eigenvalue weighted by atomic mass is 9.98. The molecule has 1 aromatic carbocycles. The molecule has 2 aromatic heterocycles. The summed E-state index contributed by atoms with van der Waals surface area (Å²) in [5, 5.41) is 27.7. The number of nitrogens with zero attached hydrogens (tertiary/aromatic N) is 3. The molecule has 3 aromatic rings. The van der Waals surface area contributed by atoms with Gasteiger partial charge in [0.15, 0.2) is 23.3 Å². The Bertz CT molecular complexity index is 1370. The highest BCUT2D eigenvalue weighted by molar-refractivity contribution is 6.38. The lowest BCUT2D eigenvalue weighted by Crippen LogP contribution is -2.24. The lowest BCUT2D eigenvalue weighted by Gasteiger charge is -2.23. The number of nitrogen functional groups attached to an aromatic ring is 1. The maximum atomic E-state index is 15.2. The maximum Gasteiger partial charge on any atom is 0.341 e. The number of nitrogens with two attached hydrogens (primary N) is 1. The van der Waals surface area contributed by atoms with E-state index in [-0.39, 0.29) is 54.4 Å². The molecule has 0 radical (unpaired) electrons. The van der Waals surface area contributed by atoms with E-state index < -0.39 is 51.4 Å². The van der Waals surface area contributed by atoms with Crippen LogP contribution >= 0.6 is 11.6 Å². The summed E-state index contributed by atoms with van der Waals surface area (Å²) in [5.41, 5.74) is 3.07. The Morgan fingerprint density at radius 3 is 2.29 bits per heavy atom. The number of hydrogen-bond acceptors (Lipinski definition) is 7. The summed E-state index contributed by atoms with van der Waals surface area (Å²) in [6, 6.07) is 1.20. The average molecular weight is 499 g/mol. The minimum absolute atomic E-state index is 0.122. The summed E-state index contributed by atoms with van der Waals surface area (Å²) in [7, 11) is 0. The fourth-order valence-corrected chi connectivity index (χ4v) is 4.59. The zero-order valence-corrected chi connectivity index (χ0v) is 18.1. The van der Waals surface area contributed by atoms with E-state index in [1.54, 1.807) is 0 Å². The van der Waals surface area contributed by atoms with Crippen LogP contribution in [0.2, 0.25) is 5.02 Å². The predicted octanol–water partition coefficient (Wildman–Crippen LogP) is 1.77. The second kappa shape index (κ2) is 8.78. The van der Waals surface area contributed by atoms with Crippen LogP contribution in [0, 0.1) is 29.3 Å². The van der Waals surface area contributed by atoms with Gasteiger partial charge in [-0.1, -0.05) is 11.6 Å². The van der Waals surface area contributed by atoms with Crippen molar-refractivity contribution in [3.05, 3.63) is 56.6 Å². The van der Waals surface area contributed by atoms with E-state index in [0.29, 0.717) is 6.07 Å². The van der Waals surface area contributed by atoms with Crippen LogP contribution < -0.4 is 16.1 Å². The number of carbonyl (C=O) groups is 1. The van der Waals surface area contributed by atoms with Crippen molar-refractivity contribution in [1.82, 2.24) is 9.55 Å². The third-order valence-electron chi connectivity index (χ3n) is 5.91. The first-order valence-electron chi connectivity index (χ1n) is 9.98. The highest BCUT2D eigenvalue weighted by Gasteiger charge is 2.35. The maximum absolute atomic E-state index is 15.2. The molecule has 9 nitrogen and oxygen atoms in total. The van der Waals surface area contributed by atoms with Crippen molar-refractivity contribution in [3.8, 4) is 5.82 Å². The molecule has 13 heteroatoms. The summed E-state index contributed by atoms with van der Waals surface area (Å²) in [6.45, 7) is -0.300. The van der Waals surface area contributed by atoms with Gasteiger partial charge in [0.1, 0.15) is 11.4 Å². The minimum atomic E-state index is -1.67. The van der Waals surface area contributed by atoms with Gasteiger partial charge in [0.05, 0.1) is 21.6 Å². The first-order valence-corrected chi connectivity index (χ1v) is 10.4. The highest BCUT2D eigenvalue weighted by atomic mass is 35.5. The topological polar surface area (TPSA) is 142 Å². The van der Waals surface area contributed by atoms with Crippen LogP contribution in [0.5, 0.6) is 0 Å². The van der Waals surface area contributed by atoms with Gasteiger partial charge in [0.2, 0.25) is 5.43 Å². The summed E-state index contributed by atoms with van der Waals surface area (Å²) < 4.78 is 44.4. The molecule has 4 rings (SSSR count). The van der Waals surface area contributed by atoms with Crippen LogP contribution in [-0.2, 0) is 0 Å². The monoisotopic (exact) mass is 498 g/mol. The van der Waals surface area contributed by atoms with Gasteiger partial charge < -0.3 is 26.0 Å². The summed E-state index contributed by atoms with van der Waals surface area (Å²) in [4.78, 5) is 29.5. The van der Waals surface area contributed by atoms with Crippen molar-refractivity contribution in [2.75, 3.05) is 36.9 Å². The number of halogens is 4. The molecule has 180 valence electrons. The van der Waals surface area contributed by atoms with Crippen LogP contribution in [0.25, 0.3) is 16.7 Å². The minimum Gasteiger partial charge on any atom is -0.477 e. The van der Waals surface area contributed by atoms with Crippen LogP contribution in [-0.4, -0.2) is 57.1 Å². The number of anilines is 2.